The van der Waals surface area contributed by atoms with Crippen LogP contribution in [-0.4, -0.2) is 32.1 Å². The molecule has 0 spiro atoms. The van der Waals surface area contributed by atoms with Crippen LogP contribution in [0.15, 0.2) is 57.4 Å². The zero-order valence-corrected chi connectivity index (χ0v) is 16.1. The van der Waals surface area contributed by atoms with Gasteiger partial charge in [-0.2, -0.15) is 10.1 Å². The Labute approximate surface area is 163 Å². The number of carbonyl (C=O) groups is 1. The van der Waals surface area contributed by atoms with E-state index in [0.29, 0.717) is 14.8 Å². The molecule has 3 rings (SSSR count). The molecule has 0 N–H and O–H groups in total. The number of thiocarbonyl (C=S) groups is 1. The number of hydrogen-bond acceptors (Lipinski definition) is 7. The Bertz CT molecular complexity index is 897. The van der Waals surface area contributed by atoms with Crippen LogP contribution in [0.2, 0.25) is 0 Å². The van der Waals surface area contributed by atoms with Gasteiger partial charge in [0.15, 0.2) is 4.32 Å². The summed E-state index contributed by atoms with van der Waals surface area (Å²) in [7, 11) is 0. The van der Waals surface area contributed by atoms with E-state index >= 15 is 0 Å². The molecule has 0 bridgehead atoms. The summed E-state index contributed by atoms with van der Waals surface area (Å²) in [6, 6.07) is 12.6. The average molecular weight is 404 g/mol. The molecule has 2 aromatic rings. The Balaban J connectivity index is 1.84. The van der Waals surface area contributed by atoms with E-state index in [9.17, 15) is 14.9 Å². The number of rotatable bonds is 5. The largest absolute Gasteiger partial charge is 0.283 e. The van der Waals surface area contributed by atoms with Gasteiger partial charge < -0.3 is 0 Å². The molecular formula is C17H13N3O3S3. The second kappa shape index (κ2) is 7.98. The number of nitro groups is 1. The fourth-order valence-corrected chi connectivity index (χ4v) is 4.03. The summed E-state index contributed by atoms with van der Waals surface area (Å²) < 4.78 is 0.382. The van der Waals surface area contributed by atoms with Gasteiger partial charge in [-0.1, -0.05) is 59.5 Å². The van der Waals surface area contributed by atoms with E-state index in [2.05, 4.69) is 5.10 Å². The maximum absolute atomic E-state index is 11.7. The SMILES string of the molecule is Cc1ccc(Sc2ccc(C=NN3C(=O)CSC3=S)cc2[N+](=O)[O-])cc1. The van der Waals surface area contributed by atoms with Gasteiger partial charge in [0, 0.05) is 16.5 Å². The van der Waals surface area contributed by atoms with Crippen LogP contribution < -0.4 is 0 Å². The summed E-state index contributed by atoms with van der Waals surface area (Å²) in [5.74, 6) is 0.0694. The van der Waals surface area contributed by atoms with Crippen LogP contribution in [-0.2, 0) is 4.79 Å². The molecule has 1 heterocycles. The van der Waals surface area contributed by atoms with E-state index in [0.717, 1.165) is 15.5 Å². The van der Waals surface area contributed by atoms with Gasteiger partial charge in [-0.25, -0.2) is 0 Å². The van der Waals surface area contributed by atoms with Gasteiger partial charge in [-0.3, -0.25) is 14.9 Å². The highest BCUT2D eigenvalue weighted by atomic mass is 32.2. The van der Waals surface area contributed by atoms with Gasteiger partial charge in [0.25, 0.3) is 11.6 Å². The Morgan fingerprint density at radius 1 is 1.31 bits per heavy atom. The molecule has 0 aromatic heterocycles. The molecule has 6 nitrogen and oxygen atoms in total. The third-order valence-corrected chi connectivity index (χ3v) is 5.89. The number of hydrogen-bond donors (Lipinski definition) is 0. The lowest BCUT2D eigenvalue weighted by Gasteiger charge is -2.07. The smallest absolute Gasteiger partial charge is 0.272 e. The van der Waals surface area contributed by atoms with Crippen molar-refractivity contribution in [1.29, 1.82) is 0 Å². The van der Waals surface area contributed by atoms with Crippen molar-refractivity contribution < 1.29 is 9.72 Å². The average Bonchev–Trinajstić information content (AvgIpc) is 2.94. The van der Waals surface area contributed by atoms with Crippen LogP contribution in [0.4, 0.5) is 5.69 Å². The van der Waals surface area contributed by atoms with E-state index in [1.807, 2.05) is 31.2 Å². The van der Waals surface area contributed by atoms with E-state index < -0.39 is 4.92 Å². The van der Waals surface area contributed by atoms with Crippen molar-refractivity contribution >= 4 is 57.9 Å². The number of aryl methyl sites for hydroxylation is 1. The molecule has 1 aliphatic heterocycles. The summed E-state index contributed by atoms with van der Waals surface area (Å²) in [5.41, 5.74) is 1.64. The minimum atomic E-state index is -0.421. The van der Waals surface area contributed by atoms with Gasteiger partial charge in [-0.15, -0.1) is 0 Å². The van der Waals surface area contributed by atoms with Crippen molar-refractivity contribution in [2.45, 2.75) is 16.7 Å². The minimum Gasteiger partial charge on any atom is -0.272 e. The van der Waals surface area contributed by atoms with Crippen LogP contribution in [0.1, 0.15) is 11.1 Å². The van der Waals surface area contributed by atoms with Crippen molar-refractivity contribution in [3.8, 4) is 0 Å². The van der Waals surface area contributed by atoms with Gasteiger partial charge in [0.05, 0.1) is 21.8 Å². The second-order valence-corrected chi connectivity index (χ2v) is 8.13. The summed E-state index contributed by atoms with van der Waals surface area (Å²) in [6.45, 7) is 1.99. The maximum Gasteiger partial charge on any atom is 0.283 e. The van der Waals surface area contributed by atoms with E-state index in [1.165, 1.54) is 35.8 Å². The molecule has 0 aliphatic carbocycles. The van der Waals surface area contributed by atoms with Crippen LogP contribution in [0.3, 0.4) is 0 Å². The zero-order chi connectivity index (χ0) is 18.7. The lowest BCUT2D eigenvalue weighted by molar-refractivity contribution is -0.387. The van der Waals surface area contributed by atoms with Crippen LogP contribution in [0, 0.1) is 17.0 Å². The molecule has 1 amide bonds. The normalized spacial score (nSPS) is 14.4. The Hall–Kier alpha value is -2.23. The van der Waals surface area contributed by atoms with Gasteiger partial charge in [0.1, 0.15) is 0 Å². The first-order valence-electron chi connectivity index (χ1n) is 7.51. The molecule has 0 radical (unpaired) electrons. The number of thioether (sulfide) groups is 1. The quantitative estimate of drug-likeness (QED) is 0.322. The first-order valence-corrected chi connectivity index (χ1v) is 9.72. The van der Waals surface area contributed by atoms with E-state index in [-0.39, 0.29) is 17.3 Å². The standard InChI is InChI=1S/C17H13N3O3S3/c1-11-2-5-13(6-3-11)26-15-7-4-12(8-14(15)20(22)23)9-18-19-16(21)10-25-17(19)24/h2-9H,10H2,1H3. The number of benzene rings is 2. The van der Waals surface area contributed by atoms with E-state index in [1.54, 1.807) is 12.1 Å². The first kappa shape index (κ1) is 18.6. The molecule has 1 fully saturated rings. The molecule has 9 heteroatoms. The highest BCUT2D eigenvalue weighted by Gasteiger charge is 2.26. The summed E-state index contributed by atoms with van der Waals surface area (Å²) in [4.78, 5) is 24.1. The van der Waals surface area contributed by atoms with Gasteiger partial charge in [-0.05, 0) is 25.1 Å². The van der Waals surface area contributed by atoms with Crippen molar-refractivity contribution in [1.82, 2.24) is 5.01 Å². The molecule has 2 aromatic carbocycles. The third kappa shape index (κ3) is 4.29. The molecule has 1 saturated heterocycles. The molecule has 1 aliphatic rings. The Morgan fingerprint density at radius 2 is 2.04 bits per heavy atom. The van der Waals surface area contributed by atoms with Crippen molar-refractivity contribution in [2.75, 3.05) is 5.75 Å². The Kier molecular flexibility index (Phi) is 5.70. The molecular weight excluding hydrogens is 390 g/mol. The summed E-state index contributed by atoms with van der Waals surface area (Å²) >= 11 is 7.62. The summed E-state index contributed by atoms with van der Waals surface area (Å²) in [6.07, 6.45) is 1.41. The van der Waals surface area contributed by atoms with Crippen molar-refractivity contribution in [2.24, 2.45) is 5.10 Å². The van der Waals surface area contributed by atoms with Crippen LogP contribution >= 0.6 is 35.7 Å². The third-order valence-electron chi connectivity index (χ3n) is 3.48. The molecule has 132 valence electrons. The lowest BCUT2D eigenvalue weighted by atomic mass is 10.2. The monoisotopic (exact) mass is 403 g/mol. The lowest BCUT2D eigenvalue weighted by Crippen LogP contribution is -2.22. The number of hydrazone groups is 1. The van der Waals surface area contributed by atoms with Gasteiger partial charge >= 0.3 is 0 Å². The second-order valence-electron chi connectivity index (χ2n) is 5.40. The summed E-state index contributed by atoms with van der Waals surface area (Å²) in [5, 5.41) is 16.6. The first-order chi connectivity index (χ1) is 12.4. The Morgan fingerprint density at radius 3 is 2.65 bits per heavy atom. The molecule has 0 saturated carbocycles. The fraction of sp³-hybridized carbons (Fsp3) is 0.118. The minimum absolute atomic E-state index is 0.00998. The van der Waals surface area contributed by atoms with E-state index in [4.69, 9.17) is 12.2 Å². The molecule has 0 atom stereocenters. The fourth-order valence-electron chi connectivity index (χ4n) is 2.16. The maximum atomic E-state index is 11.7. The number of carbonyl (C=O) groups excluding carboxylic acids is 1. The number of nitrogens with zero attached hydrogens (tertiary/aromatic N) is 3. The molecule has 0 unspecified atom stereocenters. The number of amides is 1. The zero-order valence-electron chi connectivity index (χ0n) is 13.6. The highest BCUT2D eigenvalue weighted by molar-refractivity contribution is 8.23. The molecule has 26 heavy (non-hydrogen) atoms. The van der Waals surface area contributed by atoms with Gasteiger partial charge in [0.2, 0.25) is 0 Å². The van der Waals surface area contributed by atoms with Crippen molar-refractivity contribution in [3.05, 3.63) is 63.7 Å². The van der Waals surface area contributed by atoms with Crippen LogP contribution in [0.5, 0.6) is 0 Å². The topological polar surface area (TPSA) is 75.8 Å². The number of nitro benzene ring substituents is 1. The van der Waals surface area contributed by atoms with Crippen molar-refractivity contribution in [3.63, 3.8) is 0 Å². The predicted molar refractivity (Wildman–Crippen MR) is 108 cm³/mol. The van der Waals surface area contributed by atoms with Crippen LogP contribution in [0.25, 0.3) is 0 Å². The highest BCUT2D eigenvalue weighted by Crippen LogP contribution is 2.35. The predicted octanol–water partition coefficient (Wildman–Crippen LogP) is 4.25.